The number of nitrogens with zero attached hydrogens (tertiary/aromatic N) is 5. The van der Waals surface area contributed by atoms with Crippen LogP contribution in [-0.4, -0.2) is 50.7 Å². The molecular formula is C21H30N6O3S. The number of hydrogen-bond donors (Lipinski definition) is 1. The van der Waals surface area contributed by atoms with Crippen LogP contribution in [-0.2, 0) is 17.1 Å². The van der Waals surface area contributed by atoms with Gasteiger partial charge < -0.3 is 9.88 Å². The second-order valence-electron chi connectivity index (χ2n) is 8.53. The largest absolute Gasteiger partial charge is 0.349 e. The summed E-state index contributed by atoms with van der Waals surface area (Å²) >= 11 is 0. The van der Waals surface area contributed by atoms with Gasteiger partial charge >= 0.3 is 0 Å². The predicted molar refractivity (Wildman–Crippen MR) is 115 cm³/mol. The molecule has 31 heavy (non-hydrogen) atoms. The van der Waals surface area contributed by atoms with Crippen molar-refractivity contribution in [3.63, 3.8) is 0 Å². The molecule has 1 amide bonds. The minimum Gasteiger partial charge on any atom is -0.349 e. The summed E-state index contributed by atoms with van der Waals surface area (Å²) in [5.41, 5.74) is 0.851. The number of imidazole rings is 1. The van der Waals surface area contributed by atoms with E-state index in [2.05, 4.69) is 20.3 Å². The van der Waals surface area contributed by atoms with Gasteiger partial charge in [-0.3, -0.25) is 4.79 Å². The van der Waals surface area contributed by atoms with Crippen molar-refractivity contribution in [2.24, 2.45) is 7.05 Å². The number of hydrogen-bond acceptors (Lipinski definition) is 6. The zero-order valence-corrected chi connectivity index (χ0v) is 18.9. The summed E-state index contributed by atoms with van der Waals surface area (Å²) in [4.78, 5) is 26.0. The third-order valence-electron chi connectivity index (χ3n) is 6.15. The van der Waals surface area contributed by atoms with Gasteiger partial charge in [-0.2, -0.15) is 4.31 Å². The van der Waals surface area contributed by atoms with E-state index in [1.165, 1.54) is 29.4 Å². The summed E-state index contributed by atoms with van der Waals surface area (Å²) in [6, 6.07) is -0.371. The van der Waals surface area contributed by atoms with Crippen LogP contribution in [0.4, 0.5) is 0 Å². The highest BCUT2D eigenvalue weighted by Crippen LogP contribution is 2.35. The number of aryl methyl sites for hydroxylation is 2. The van der Waals surface area contributed by atoms with E-state index >= 15 is 0 Å². The molecule has 0 spiro atoms. The molecule has 1 saturated carbocycles. The molecule has 1 aliphatic carbocycles. The number of piperidine rings is 1. The average molecular weight is 447 g/mol. The van der Waals surface area contributed by atoms with Crippen LogP contribution in [0.15, 0.2) is 23.7 Å². The molecule has 4 rings (SSSR count). The van der Waals surface area contributed by atoms with Crippen molar-refractivity contribution in [1.29, 1.82) is 0 Å². The standard InChI is InChI=1S/C21H30N6O3S/c1-15-22-12-17(21(28)25-16-8-4-3-5-9-16)20(24-15)18-10-6-7-11-27(18)31(29,30)19-13-26(2)14-23-19/h12-14,16,18H,3-11H2,1-2H3,(H,25,28)/t18-/m1/s1. The zero-order chi connectivity index (χ0) is 22.0. The maximum absolute atomic E-state index is 13.4. The summed E-state index contributed by atoms with van der Waals surface area (Å²) in [7, 11) is -2.07. The van der Waals surface area contributed by atoms with Crippen LogP contribution in [0.2, 0.25) is 0 Å². The van der Waals surface area contributed by atoms with E-state index in [0.29, 0.717) is 30.0 Å². The van der Waals surface area contributed by atoms with Crippen molar-refractivity contribution in [2.75, 3.05) is 6.54 Å². The minimum atomic E-state index is -3.81. The molecule has 0 aromatic carbocycles. The lowest BCUT2D eigenvalue weighted by molar-refractivity contribution is 0.0923. The lowest BCUT2D eigenvalue weighted by Gasteiger charge is -2.34. The van der Waals surface area contributed by atoms with Gasteiger partial charge in [-0.15, -0.1) is 0 Å². The first-order valence-corrected chi connectivity index (χ1v) is 12.4. The Morgan fingerprint density at radius 3 is 2.55 bits per heavy atom. The fourth-order valence-electron chi connectivity index (χ4n) is 4.53. The molecule has 0 unspecified atom stereocenters. The van der Waals surface area contributed by atoms with Gasteiger partial charge in [0.25, 0.3) is 15.9 Å². The van der Waals surface area contributed by atoms with Crippen LogP contribution in [0.5, 0.6) is 0 Å². The third-order valence-corrected chi connectivity index (χ3v) is 7.94. The second kappa shape index (κ2) is 9.04. The van der Waals surface area contributed by atoms with E-state index in [1.54, 1.807) is 18.5 Å². The van der Waals surface area contributed by atoms with Crippen LogP contribution >= 0.6 is 0 Å². The van der Waals surface area contributed by atoms with Crippen molar-refractivity contribution in [3.8, 4) is 0 Å². The number of aromatic nitrogens is 4. The molecule has 1 aliphatic heterocycles. The summed E-state index contributed by atoms with van der Waals surface area (Å²) in [6.45, 7) is 2.13. The first kappa shape index (κ1) is 21.9. The second-order valence-corrected chi connectivity index (χ2v) is 10.4. The molecule has 2 aliphatic rings. The minimum absolute atomic E-state index is 0.0147. The van der Waals surface area contributed by atoms with Crippen molar-refractivity contribution in [2.45, 2.75) is 75.4 Å². The Bertz CT molecular complexity index is 1050. The van der Waals surface area contributed by atoms with Crippen LogP contribution in [0, 0.1) is 6.92 Å². The van der Waals surface area contributed by atoms with Crippen molar-refractivity contribution in [1.82, 2.24) is 29.1 Å². The molecule has 9 nitrogen and oxygen atoms in total. The Balaban J connectivity index is 1.67. The molecule has 2 aromatic heterocycles. The van der Waals surface area contributed by atoms with Crippen LogP contribution in [0.25, 0.3) is 0 Å². The lowest BCUT2D eigenvalue weighted by Crippen LogP contribution is -2.41. The summed E-state index contributed by atoms with van der Waals surface area (Å²) in [6.07, 6.45) is 12.1. The molecule has 1 N–H and O–H groups in total. The molecule has 10 heteroatoms. The van der Waals surface area contributed by atoms with Gasteiger partial charge in [-0.05, 0) is 32.6 Å². The third kappa shape index (κ3) is 4.64. The van der Waals surface area contributed by atoms with E-state index in [4.69, 9.17) is 0 Å². The van der Waals surface area contributed by atoms with Crippen molar-refractivity contribution < 1.29 is 13.2 Å². The molecule has 2 aromatic rings. The number of carbonyl (C=O) groups excluding carboxylic acids is 1. The normalized spacial score (nSPS) is 21.2. The highest BCUT2D eigenvalue weighted by molar-refractivity contribution is 7.89. The van der Waals surface area contributed by atoms with Crippen LogP contribution in [0.1, 0.15) is 79.3 Å². The fourth-order valence-corrected chi connectivity index (χ4v) is 6.16. The molecule has 3 heterocycles. The highest BCUT2D eigenvalue weighted by atomic mass is 32.2. The SMILES string of the molecule is Cc1ncc(C(=O)NC2CCCCC2)c([C@H]2CCCCN2S(=O)(=O)c2cn(C)cn2)n1. The smallest absolute Gasteiger partial charge is 0.262 e. The number of amides is 1. The summed E-state index contributed by atoms with van der Waals surface area (Å²) < 4.78 is 29.8. The topological polar surface area (TPSA) is 110 Å². The monoisotopic (exact) mass is 446 g/mol. The first-order chi connectivity index (χ1) is 14.9. The fraction of sp³-hybridized carbons (Fsp3) is 0.619. The summed E-state index contributed by atoms with van der Waals surface area (Å²) in [5.74, 6) is 0.299. The zero-order valence-electron chi connectivity index (χ0n) is 18.1. The Hall–Kier alpha value is -2.33. The van der Waals surface area contributed by atoms with E-state index in [-0.39, 0.29) is 17.0 Å². The molecule has 168 valence electrons. The molecule has 1 saturated heterocycles. The van der Waals surface area contributed by atoms with E-state index in [0.717, 1.165) is 38.5 Å². The Labute approximate surface area is 183 Å². The molecule has 2 fully saturated rings. The van der Waals surface area contributed by atoms with Gasteiger partial charge in [0.2, 0.25) is 0 Å². The van der Waals surface area contributed by atoms with Gasteiger partial charge in [0.15, 0.2) is 5.03 Å². The first-order valence-electron chi connectivity index (χ1n) is 11.0. The van der Waals surface area contributed by atoms with Gasteiger partial charge in [-0.25, -0.2) is 23.4 Å². The van der Waals surface area contributed by atoms with Gasteiger partial charge in [0, 0.05) is 32.0 Å². The van der Waals surface area contributed by atoms with E-state index < -0.39 is 16.1 Å². The van der Waals surface area contributed by atoms with E-state index in [9.17, 15) is 13.2 Å². The Kier molecular flexibility index (Phi) is 6.38. The van der Waals surface area contributed by atoms with Crippen LogP contribution < -0.4 is 5.32 Å². The number of carbonyl (C=O) groups is 1. The quantitative estimate of drug-likeness (QED) is 0.756. The molecular weight excluding hydrogens is 416 g/mol. The van der Waals surface area contributed by atoms with Gasteiger partial charge in [0.1, 0.15) is 5.82 Å². The highest BCUT2D eigenvalue weighted by Gasteiger charge is 2.38. The number of sulfonamides is 1. The van der Waals surface area contributed by atoms with E-state index in [1.807, 2.05) is 0 Å². The van der Waals surface area contributed by atoms with Crippen molar-refractivity contribution >= 4 is 15.9 Å². The maximum Gasteiger partial charge on any atom is 0.262 e. The summed E-state index contributed by atoms with van der Waals surface area (Å²) in [5, 5.41) is 3.13. The predicted octanol–water partition coefficient (Wildman–Crippen LogP) is 2.50. The molecule has 0 radical (unpaired) electrons. The van der Waals surface area contributed by atoms with Crippen molar-refractivity contribution in [3.05, 3.63) is 35.8 Å². The number of rotatable bonds is 5. The molecule has 0 bridgehead atoms. The van der Waals surface area contributed by atoms with Gasteiger partial charge in [-0.1, -0.05) is 25.7 Å². The maximum atomic E-state index is 13.4. The van der Waals surface area contributed by atoms with Gasteiger partial charge in [0.05, 0.1) is 23.6 Å². The van der Waals surface area contributed by atoms with Crippen LogP contribution in [0.3, 0.4) is 0 Å². The lowest BCUT2D eigenvalue weighted by atomic mass is 9.94. The Morgan fingerprint density at radius 2 is 1.84 bits per heavy atom. The molecule has 1 atom stereocenters. The average Bonchev–Trinajstić information content (AvgIpc) is 3.21. The Morgan fingerprint density at radius 1 is 1.10 bits per heavy atom. The number of nitrogens with one attached hydrogen (secondary N) is 1.